The number of benzene rings is 1. The van der Waals surface area contributed by atoms with Crippen LogP contribution in [0.3, 0.4) is 0 Å². The van der Waals surface area contributed by atoms with Gasteiger partial charge in [0.25, 0.3) is 0 Å². The van der Waals surface area contributed by atoms with Gasteiger partial charge in [0.15, 0.2) is 5.75 Å². The molecule has 0 spiro atoms. The van der Waals surface area contributed by atoms with Gasteiger partial charge in [0.1, 0.15) is 0 Å². The summed E-state index contributed by atoms with van der Waals surface area (Å²) >= 11 is 0. The molecule has 0 unspecified atom stereocenters. The fourth-order valence-corrected chi connectivity index (χ4v) is 3.41. The summed E-state index contributed by atoms with van der Waals surface area (Å²) in [5.74, 6) is -0.678. The van der Waals surface area contributed by atoms with Crippen molar-refractivity contribution in [2.75, 3.05) is 19.7 Å². The first kappa shape index (κ1) is 13.7. The van der Waals surface area contributed by atoms with Gasteiger partial charge >= 0.3 is 5.69 Å². The highest BCUT2D eigenvalue weighted by Gasteiger charge is 2.37. The molecule has 0 saturated carbocycles. The number of sulfonamides is 1. The third-order valence-corrected chi connectivity index (χ3v) is 4.79. The first-order valence-corrected chi connectivity index (χ1v) is 6.88. The number of aromatic hydroxyl groups is 1. The van der Waals surface area contributed by atoms with E-state index in [0.29, 0.717) is 0 Å². The molecule has 1 aliphatic rings. The summed E-state index contributed by atoms with van der Waals surface area (Å²) in [6, 6.07) is 2.93. The van der Waals surface area contributed by atoms with E-state index in [9.17, 15) is 23.6 Å². The fourth-order valence-electron chi connectivity index (χ4n) is 1.79. The van der Waals surface area contributed by atoms with Crippen LogP contribution in [0.15, 0.2) is 23.1 Å². The van der Waals surface area contributed by atoms with Gasteiger partial charge in [-0.25, -0.2) is 8.42 Å². The SMILES string of the molecule is O=[N+]([O-])c1cc(S(=O)(=O)N2CC(CO)C2)ccc1O. The Balaban J connectivity index is 2.32. The minimum atomic E-state index is -3.81. The van der Waals surface area contributed by atoms with E-state index in [4.69, 9.17) is 5.11 Å². The summed E-state index contributed by atoms with van der Waals surface area (Å²) in [6.07, 6.45) is 0. The first-order chi connectivity index (χ1) is 8.86. The largest absolute Gasteiger partial charge is 0.502 e. The van der Waals surface area contributed by atoms with E-state index >= 15 is 0 Å². The highest BCUT2D eigenvalue weighted by Crippen LogP contribution is 2.31. The van der Waals surface area contributed by atoms with Crippen LogP contribution in [0.2, 0.25) is 0 Å². The van der Waals surface area contributed by atoms with Crippen LogP contribution in [0.5, 0.6) is 5.75 Å². The minimum Gasteiger partial charge on any atom is -0.502 e. The van der Waals surface area contributed by atoms with Gasteiger partial charge in [-0.15, -0.1) is 0 Å². The van der Waals surface area contributed by atoms with E-state index in [-0.39, 0.29) is 30.5 Å². The predicted octanol–water partition coefficient (Wildman–Crippen LogP) is -0.0868. The first-order valence-electron chi connectivity index (χ1n) is 5.44. The molecule has 2 N–H and O–H groups in total. The highest BCUT2D eigenvalue weighted by molar-refractivity contribution is 7.89. The molecule has 2 rings (SSSR count). The number of nitro benzene ring substituents is 1. The molecule has 1 aromatic rings. The topological polar surface area (TPSA) is 121 Å². The quantitative estimate of drug-likeness (QED) is 0.590. The second kappa shape index (κ2) is 4.76. The van der Waals surface area contributed by atoms with Crippen LogP contribution in [0.25, 0.3) is 0 Å². The highest BCUT2D eigenvalue weighted by atomic mass is 32.2. The van der Waals surface area contributed by atoms with Crippen LogP contribution in [-0.4, -0.2) is 47.6 Å². The molecule has 8 nitrogen and oxygen atoms in total. The molecule has 0 bridgehead atoms. The number of aliphatic hydroxyl groups is 1. The minimum absolute atomic E-state index is 0.0955. The lowest BCUT2D eigenvalue weighted by molar-refractivity contribution is -0.386. The lowest BCUT2D eigenvalue weighted by Gasteiger charge is -2.36. The molecule has 1 aliphatic heterocycles. The third kappa shape index (κ3) is 2.39. The van der Waals surface area contributed by atoms with E-state index in [1.54, 1.807) is 0 Å². The van der Waals surface area contributed by atoms with Crippen molar-refractivity contribution in [2.45, 2.75) is 4.90 Å². The Morgan fingerprint density at radius 3 is 2.58 bits per heavy atom. The summed E-state index contributed by atoms with van der Waals surface area (Å²) in [7, 11) is -3.81. The van der Waals surface area contributed by atoms with Crippen molar-refractivity contribution in [1.82, 2.24) is 4.31 Å². The number of hydrogen-bond donors (Lipinski definition) is 2. The van der Waals surface area contributed by atoms with Crippen molar-refractivity contribution in [3.8, 4) is 5.75 Å². The summed E-state index contributed by atoms with van der Waals surface area (Å²) in [5, 5.41) is 28.8. The average Bonchev–Trinajstić information content (AvgIpc) is 2.27. The number of phenols is 1. The number of aliphatic hydroxyl groups excluding tert-OH is 1. The van der Waals surface area contributed by atoms with Crippen LogP contribution in [0, 0.1) is 16.0 Å². The van der Waals surface area contributed by atoms with Gasteiger partial charge in [-0.3, -0.25) is 10.1 Å². The average molecular weight is 288 g/mol. The Hall–Kier alpha value is -1.71. The maximum Gasteiger partial charge on any atom is 0.312 e. The summed E-state index contributed by atoms with van der Waals surface area (Å²) in [6.45, 7) is 0.281. The van der Waals surface area contributed by atoms with Gasteiger partial charge < -0.3 is 10.2 Å². The van der Waals surface area contributed by atoms with Crippen LogP contribution in [0.4, 0.5) is 5.69 Å². The van der Waals surface area contributed by atoms with E-state index in [1.807, 2.05) is 0 Å². The van der Waals surface area contributed by atoms with Crippen LogP contribution in [-0.2, 0) is 10.0 Å². The molecular formula is C10H12N2O6S. The monoisotopic (exact) mass is 288 g/mol. The maximum atomic E-state index is 12.1. The fraction of sp³-hybridized carbons (Fsp3) is 0.400. The van der Waals surface area contributed by atoms with Gasteiger partial charge in [-0.1, -0.05) is 0 Å². The van der Waals surface area contributed by atoms with Crippen molar-refractivity contribution in [3.63, 3.8) is 0 Å². The Kier molecular flexibility index (Phi) is 3.43. The lowest BCUT2D eigenvalue weighted by atomic mass is 10.1. The van der Waals surface area contributed by atoms with Gasteiger partial charge in [0, 0.05) is 31.7 Å². The van der Waals surface area contributed by atoms with Crippen molar-refractivity contribution in [1.29, 1.82) is 0 Å². The molecule has 0 atom stereocenters. The zero-order valence-corrected chi connectivity index (χ0v) is 10.6. The number of phenolic OH excluding ortho intramolecular Hbond substituents is 1. The van der Waals surface area contributed by atoms with E-state index < -0.39 is 26.4 Å². The smallest absolute Gasteiger partial charge is 0.312 e. The maximum absolute atomic E-state index is 12.1. The summed E-state index contributed by atoms with van der Waals surface area (Å²) < 4.78 is 25.3. The Morgan fingerprint density at radius 2 is 2.05 bits per heavy atom. The second-order valence-corrected chi connectivity index (χ2v) is 6.22. The zero-order valence-electron chi connectivity index (χ0n) is 9.76. The molecule has 1 fully saturated rings. The molecule has 0 aromatic heterocycles. The van der Waals surface area contributed by atoms with Gasteiger partial charge in [-0.2, -0.15) is 4.31 Å². The van der Waals surface area contributed by atoms with Crippen molar-refractivity contribution in [3.05, 3.63) is 28.3 Å². The molecule has 19 heavy (non-hydrogen) atoms. The Morgan fingerprint density at radius 1 is 1.42 bits per heavy atom. The van der Waals surface area contributed by atoms with Crippen LogP contribution < -0.4 is 0 Å². The molecule has 1 aromatic carbocycles. The van der Waals surface area contributed by atoms with E-state index in [0.717, 1.165) is 22.5 Å². The standard InChI is InChI=1S/C10H12N2O6S/c13-6-7-4-11(5-7)19(17,18)8-1-2-10(14)9(3-8)12(15)16/h1-3,7,13-14H,4-6H2. The number of nitrogens with zero attached hydrogens (tertiary/aromatic N) is 2. The zero-order chi connectivity index (χ0) is 14.2. The summed E-state index contributed by atoms with van der Waals surface area (Å²) in [4.78, 5) is 9.57. The molecule has 1 heterocycles. The third-order valence-electron chi connectivity index (χ3n) is 2.96. The van der Waals surface area contributed by atoms with E-state index in [2.05, 4.69) is 0 Å². The normalized spacial score (nSPS) is 17.1. The van der Waals surface area contributed by atoms with E-state index in [1.165, 1.54) is 0 Å². The second-order valence-electron chi connectivity index (χ2n) is 4.28. The molecule has 104 valence electrons. The molecular weight excluding hydrogens is 276 g/mol. The summed E-state index contributed by atoms with van der Waals surface area (Å²) in [5.41, 5.74) is -0.652. The number of nitro groups is 1. The Bertz CT molecular complexity index is 608. The van der Waals surface area contributed by atoms with Crippen molar-refractivity contribution in [2.24, 2.45) is 5.92 Å². The molecule has 0 amide bonds. The lowest BCUT2D eigenvalue weighted by Crippen LogP contribution is -2.51. The molecule has 1 saturated heterocycles. The number of hydrogen-bond acceptors (Lipinski definition) is 6. The predicted molar refractivity (Wildman–Crippen MR) is 64.1 cm³/mol. The van der Waals surface area contributed by atoms with Crippen molar-refractivity contribution < 1.29 is 23.6 Å². The van der Waals surface area contributed by atoms with Crippen molar-refractivity contribution >= 4 is 15.7 Å². The molecule has 0 aliphatic carbocycles. The molecule has 0 radical (unpaired) electrons. The number of rotatable bonds is 4. The molecule has 9 heteroatoms. The Labute approximate surface area is 109 Å². The van der Waals surface area contributed by atoms with Gasteiger partial charge in [-0.05, 0) is 12.1 Å². The van der Waals surface area contributed by atoms with Gasteiger partial charge in [0.05, 0.1) is 9.82 Å². The van der Waals surface area contributed by atoms with Gasteiger partial charge in [0.2, 0.25) is 10.0 Å². The van der Waals surface area contributed by atoms with Crippen LogP contribution >= 0.6 is 0 Å². The van der Waals surface area contributed by atoms with Crippen LogP contribution in [0.1, 0.15) is 0 Å².